The van der Waals surface area contributed by atoms with Gasteiger partial charge < -0.3 is 4.90 Å². The zero-order valence-corrected chi connectivity index (χ0v) is 16.7. The summed E-state index contributed by atoms with van der Waals surface area (Å²) in [6, 6.07) is 10.6. The van der Waals surface area contributed by atoms with E-state index in [1.54, 1.807) is 0 Å². The number of piperazine rings is 1. The van der Waals surface area contributed by atoms with Gasteiger partial charge in [0.1, 0.15) is 11.6 Å². The molecule has 0 spiro atoms. The molecule has 5 nitrogen and oxygen atoms in total. The van der Waals surface area contributed by atoms with Crippen molar-refractivity contribution in [2.45, 2.75) is 20.4 Å². The largest absolute Gasteiger partial charge is 0.354 e. The number of aryl methyl sites for hydroxylation is 2. The summed E-state index contributed by atoms with van der Waals surface area (Å²) in [5, 5.41) is 4.53. The monoisotopic (exact) mass is 379 g/mol. The molecule has 1 aromatic carbocycles. The summed E-state index contributed by atoms with van der Waals surface area (Å²) in [7, 11) is 2.00. The van der Waals surface area contributed by atoms with Crippen molar-refractivity contribution in [3.8, 4) is 11.1 Å². The molecule has 146 valence electrons. The van der Waals surface area contributed by atoms with Crippen molar-refractivity contribution in [3.05, 3.63) is 65.4 Å². The number of hydrogen-bond donors (Lipinski definition) is 0. The third kappa shape index (κ3) is 3.64. The molecular weight excluding hydrogens is 353 g/mol. The van der Waals surface area contributed by atoms with Crippen LogP contribution in [0.2, 0.25) is 0 Å². The topological polar surface area (TPSA) is 37.2 Å². The molecule has 2 aromatic heterocycles. The normalized spacial score (nSPS) is 15.2. The second-order valence-corrected chi connectivity index (χ2v) is 7.42. The maximum absolute atomic E-state index is 13.3. The van der Waals surface area contributed by atoms with Gasteiger partial charge in [0.25, 0.3) is 0 Å². The van der Waals surface area contributed by atoms with Crippen LogP contribution in [0.3, 0.4) is 0 Å². The van der Waals surface area contributed by atoms with Gasteiger partial charge in [0.15, 0.2) is 0 Å². The third-order valence-corrected chi connectivity index (χ3v) is 5.65. The summed E-state index contributed by atoms with van der Waals surface area (Å²) < 4.78 is 15.3. The Kier molecular flexibility index (Phi) is 5.13. The van der Waals surface area contributed by atoms with Gasteiger partial charge in [0.2, 0.25) is 0 Å². The summed E-state index contributed by atoms with van der Waals surface area (Å²) in [4.78, 5) is 9.45. The number of anilines is 1. The molecule has 1 fully saturated rings. The van der Waals surface area contributed by atoms with Crippen molar-refractivity contribution in [3.63, 3.8) is 0 Å². The SMILES string of the molecule is Cc1nn(C)c(C)c1CN1CCN(c2ncccc2-c2ccc(F)cc2)CC1. The van der Waals surface area contributed by atoms with Crippen molar-refractivity contribution < 1.29 is 4.39 Å². The van der Waals surface area contributed by atoms with Crippen LogP contribution in [-0.4, -0.2) is 45.8 Å². The number of hydrogen-bond acceptors (Lipinski definition) is 4. The van der Waals surface area contributed by atoms with Gasteiger partial charge in [-0.15, -0.1) is 0 Å². The molecule has 6 heteroatoms. The average molecular weight is 379 g/mol. The Morgan fingerprint density at radius 3 is 2.36 bits per heavy atom. The fourth-order valence-corrected chi connectivity index (χ4v) is 3.89. The Hall–Kier alpha value is -2.73. The van der Waals surface area contributed by atoms with Crippen LogP contribution in [-0.2, 0) is 13.6 Å². The van der Waals surface area contributed by atoms with E-state index in [2.05, 4.69) is 39.8 Å². The first kappa shape index (κ1) is 18.6. The molecule has 1 aliphatic rings. The first-order valence-electron chi connectivity index (χ1n) is 9.70. The van der Waals surface area contributed by atoms with Crippen molar-refractivity contribution in [1.82, 2.24) is 19.7 Å². The second kappa shape index (κ2) is 7.72. The lowest BCUT2D eigenvalue weighted by Gasteiger charge is -2.36. The van der Waals surface area contributed by atoms with Gasteiger partial charge in [-0.25, -0.2) is 9.37 Å². The summed E-state index contributed by atoms with van der Waals surface area (Å²) >= 11 is 0. The molecule has 0 radical (unpaired) electrons. The van der Waals surface area contributed by atoms with Crippen LogP contribution in [0.4, 0.5) is 10.2 Å². The lowest BCUT2D eigenvalue weighted by molar-refractivity contribution is 0.248. The smallest absolute Gasteiger partial charge is 0.136 e. The first-order chi connectivity index (χ1) is 13.5. The predicted molar refractivity (Wildman–Crippen MR) is 110 cm³/mol. The molecule has 0 saturated carbocycles. The number of benzene rings is 1. The number of nitrogens with zero attached hydrogens (tertiary/aromatic N) is 5. The number of halogens is 1. The zero-order valence-electron chi connectivity index (χ0n) is 16.7. The Bertz CT molecular complexity index is 956. The van der Waals surface area contributed by atoms with E-state index < -0.39 is 0 Å². The average Bonchev–Trinajstić information content (AvgIpc) is 2.95. The molecule has 0 N–H and O–H groups in total. The van der Waals surface area contributed by atoms with E-state index >= 15 is 0 Å². The van der Waals surface area contributed by atoms with Gasteiger partial charge in [0, 0.05) is 62.8 Å². The molecule has 3 aromatic rings. The van der Waals surface area contributed by atoms with E-state index in [4.69, 9.17) is 0 Å². The van der Waals surface area contributed by atoms with Crippen LogP contribution in [0.15, 0.2) is 42.6 Å². The standard InChI is InChI=1S/C22H26FN5/c1-16-21(17(2)26(3)25-16)15-27-11-13-28(14-12-27)22-20(5-4-10-24-22)18-6-8-19(23)9-7-18/h4-10H,11-15H2,1-3H3. The van der Waals surface area contributed by atoms with Gasteiger partial charge >= 0.3 is 0 Å². The first-order valence-corrected chi connectivity index (χ1v) is 9.70. The van der Waals surface area contributed by atoms with E-state index in [9.17, 15) is 4.39 Å². The van der Waals surface area contributed by atoms with Crippen molar-refractivity contribution in [1.29, 1.82) is 0 Å². The van der Waals surface area contributed by atoms with E-state index in [1.165, 1.54) is 23.4 Å². The Morgan fingerprint density at radius 1 is 1.00 bits per heavy atom. The van der Waals surface area contributed by atoms with Crippen LogP contribution in [0, 0.1) is 19.7 Å². The van der Waals surface area contributed by atoms with E-state index in [-0.39, 0.29) is 5.82 Å². The molecule has 3 heterocycles. The Morgan fingerprint density at radius 2 is 1.71 bits per heavy atom. The van der Waals surface area contributed by atoms with Gasteiger partial charge in [-0.2, -0.15) is 5.10 Å². The van der Waals surface area contributed by atoms with Gasteiger partial charge in [-0.3, -0.25) is 9.58 Å². The second-order valence-electron chi connectivity index (χ2n) is 7.42. The summed E-state index contributed by atoms with van der Waals surface area (Å²) in [6.07, 6.45) is 1.83. The summed E-state index contributed by atoms with van der Waals surface area (Å²) in [6.45, 7) is 8.95. The zero-order chi connectivity index (χ0) is 19.7. The maximum atomic E-state index is 13.3. The van der Waals surface area contributed by atoms with Crippen LogP contribution in [0.25, 0.3) is 11.1 Å². The van der Waals surface area contributed by atoms with E-state index in [1.807, 2.05) is 36.1 Å². The lowest BCUT2D eigenvalue weighted by Crippen LogP contribution is -2.46. The maximum Gasteiger partial charge on any atom is 0.136 e. The number of rotatable bonds is 4. The Labute approximate surface area is 165 Å². The highest BCUT2D eigenvalue weighted by molar-refractivity contribution is 5.75. The number of aromatic nitrogens is 3. The molecule has 0 atom stereocenters. The molecule has 4 rings (SSSR count). The van der Waals surface area contributed by atoms with Crippen molar-refractivity contribution >= 4 is 5.82 Å². The molecule has 1 saturated heterocycles. The highest BCUT2D eigenvalue weighted by Gasteiger charge is 2.22. The lowest BCUT2D eigenvalue weighted by atomic mass is 10.1. The highest BCUT2D eigenvalue weighted by Crippen LogP contribution is 2.29. The minimum atomic E-state index is -0.219. The van der Waals surface area contributed by atoms with Crippen LogP contribution >= 0.6 is 0 Å². The van der Waals surface area contributed by atoms with Crippen molar-refractivity contribution in [2.75, 3.05) is 31.1 Å². The molecule has 0 amide bonds. The van der Waals surface area contributed by atoms with Gasteiger partial charge in [-0.1, -0.05) is 12.1 Å². The quantitative estimate of drug-likeness (QED) is 0.695. The van der Waals surface area contributed by atoms with Crippen LogP contribution < -0.4 is 4.90 Å². The Balaban J connectivity index is 1.48. The third-order valence-electron chi connectivity index (χ3n) is 5.65. The summed E-state index contributed by atoms with van der Waals surface area (Å²) in [5.41, 5.74) is 5.73. The van der Waals surface area contributed by atoms with Crippen molar-refractivity contribution in [2.24, 2.45) is 7.05 Å². The van der Waals surface area contributed by atoms with Crippen LogP contribution in [0.5, 0.6) is 0 Å². The molecule has 1 aliphatic heterocycles. The number of pyridine rings is 1. The molecule has 0 aliphatic carbocycles. The highest BCUT2D eigenvalue weighted by atomic mass is 19.1. The minimum absolute atomic E-state index is 0.219. The van der Waals surface area contributed by atoms with E-state index in [0.29, 0.717) is 0 Å². The molecule has 0 unspecified atom stereocenters. The fraction of sp³-hybridized carbons (Fsp3) is 0.364. The van der Waals surface area contributed by atoms with Crippen LogP contribution in [0.1, 0.15) is 17.0 Å². The minimum Gasteiger partial charge on any atom is -0.354 e. The molecular formula is C22H26FN5. The van der Waals surface area contributed by atoms with Gasteiger partial charge in [0.05, 0.1) is 5.69 Å². The molecule has 0 bridgehead atoms. The predicted octanol–water partition coefficient (Wildman–Crippen LogP) is 3.56. The fourth-order valence-electron chi connectivity index (χ4n) is 3.89. The summed E-state index contributed by atoms with van der Waals surface area (Å²) in [5.74, 6) is 0.756. The molecule has 28 heavy (non-hydrogen) atoms. The van der Waals surface area contributed by atoms with Gasteiger partial charge in [-0.05, 0) is 43.7 Å². The van der Waals surface area contributed by atoms with E-state index in [0.717, 1.165) is 55.4 Å².